The van der Waals surface area contributed by atoms with Gasteiger partial charge < -0.3 is 5.32 Å². The number of carbonyl (C=O) groups is 1. The van der Waals surface area contributed by atoms with Crippen molar-refractivity contribution in [1.29, 1.82) is 0 Å². The average Bonchev–Trinajstić information content (AvgIpc) is 2.51. The average molecular weight is 346 g/mol. The van der Waals surface area contributed by atoms with Gasteiger partial charge in [-0.05, 0) is 30.0 Å². The number of hydrogen-bond acceptors (Lipinski definition) is 1. The number of nitrogens with one attached hydrogen (secondary N) is 1. The lowest BCUT2D eigenvalue weighted by atomic mass is 10.1. The van der Waals surface area contributed by atoms with Crippen molar-refractivity contribution < 1.29 is 4.79 Å². The van der Waals surface area contributed by atoms with E-state index in [4.69, 9.17) is 0 Å². The highest BCUT2D eigenvalue weighted by Crippen LogP contribution is 2.09. The zero-order valence-electron chi connectivity index (χ0n) is 12.2. The monoisotopic (exact) mass is 345 g/mol. The van der Waals surface area contributed by atoms with E-state index in [1.54, 1.807) is 0 Å². The standard InChI is InChI=1S/C18H20BrNO/c1-14-3-2-4-15(11-14)9-10-18(21)20-13-17-7-5-16(12-19)6-8-17/h2-8,11H,9-10,12-13H2,1H3,(H,20,21). The van der Waals surface area contributed by atoms with Crippen molar-refractivity contribution in [3.8, 4) is 0 Å². The topological polar surface area (TPSA) is 29.1 Å². The van der Waals surface area contributed by atoms with Crippen LogP contribution in [0.25, 0.3) is 0 Å². The molecule has 0 aliphatic heterocycles. The Morgan fingerprint density at radius 1 is 1.05 bits per heavy atom. The molecule has 1 N–H and O–H groups in total. The molecule has 0 saturated carbocycles. The molecule has 0 spiro atoms. The molecule has 2 rings (SSSR count). The summed E-state index contributed by atoms with van der Waals surface area (Å²) < 4.78 is 0. The van der Waals surface area contributed by atoms with Crippen molar-refractivity contribution in [2.45, 2.75) is 31.6 Å². The maximum absolute atomic E-state index is 11.9. The summed E-state index contributed by atoms with van der Waals surface area (Å²) in [6, 6.07) is 16.6. The molecule has 3 heteroatoms. The Morgan fingerprint density at radius 3 is 2.43 bits per heavy atom. The molecular weight excluding hydrogens is 326 g/mol. The van der Waals surface area contributed by atoms with Gasteiger partial charge in [-0.15, -0.1) is 0 Å². The number of alkyl halides is 1. The van der Waals surface area contributed by atoms with Gasteiger partial charge in [0.1, 0.15) is 0 Å². The van der Waals surface area contributed by atoms with Crippen molar-refractivity contribution in [2.24, 2.45) is 0 Å². The molecule has 110 valence electrons. The third-order valence-corrected chi connectivity index (χ3v) is 4.04. The van der Waals surface area contributed by atoms with Gasteiger partial charge in [0, 0.05) is 18.3 Å². The molecule has 0 fully saturated rings. The molecule has 21 heavy (non-hydrogen) atoms. The number of hydrogen-bond donors (Lipinski definition) is 1. The van der Waals surface area contributed by atoms with Crippen LogP contribution in [-0.4, -0.2) is 5.91 Å². The highest BCUT2D eigenvalue weighted by molar-refractivity contribution is 9.08. The van der Waals surface area contributed by atoms with E-state index in [0.717, 1.165) is 17.3 Å². The highest BCUT2D eigenvalue weighted by atomic mass is 79.9. The lowest BCUT2D eigenvalue weighted by molar-refractivity contribution is -0.121. The number of carbonyl (C=O) groups excluding carboxylic acids is 1. The lowest BCUT2D eigenvalue weighted by Gasteiger charge is -2.06. The molecule has 0 aliphatic rings. The van der Waals surface area contributed by atoms with Crippen LogP contribution in [0.5, 0.6) is 0 Å². The fourth-order valence-electron chi connectivity index (χ4n) is 2.16. The predicted octanol–water partition coefficient (Wildman–Crippen LogP) is 4.14. The number of benzene rings is 2. The Hall–Kier alpha value is -1.61. The van der Waals surface area contributed by atoms with Crippen LogP contribution in [0.15, 0.2) is 48.5 Å². The minimum Gasteiger partial charge on any atom is -0.352 e. The second-order valence-corrected chi connectivity index (χ2v) is 5.78. The van der Waals surface area contributed by atoms with Crippen molar-refractivity contribution in [2.75, 3.05) is 0 Å². The smallest absolute Gasteiger partial charge is 0.220 e. The SMILES string of the molecule is Cc1cccc(CCC(=O)NCc2ccc(CBr)cc2)c1. The van der Waals surface area contributed by atoms with E-state index in [9.17, 15) is 4.79 Å². The summed E-state index contributed by atoms with van der Waals surface area (Å²) in [4.78, 5) is 11.9. The first-order chi connectivity index (χ1) is 10.2. The van der Waals surface area contributed by atoms with Crippen LogP contribution in [0.1, 0.15) is 28.7 Å². The van der Waals surface area contributed by atoms with Crippen LogP contribution in [0.2, 0.25) is 0 Å². The minimum atomic E-state index is 0.0982. The summed E-state index contributed by atoms with van der Waals surface area (Å²) in [7, 11) is 0. The van der Waals surface area contributed by atoms with Gasteiger partial charge in [-0.2, -0.15) is 0 Å². The molecule has 1 amide bonds. The summed E-state index contributed by atoms with van der Waals surface area (Å²) in [6.45, 7) is 2.66. The Morgan fingerprint density at radius 2 is 1.76 bits per heavy atom. The van der Waals surface area contributed by atoms with E-state index < -0.39 is 0 Å². The van der Waals surface area contributed by atoms with Gasteiger partial charge in [-0.3, -0.25) is 4.79 Å². The number of rotatable bonds is 6. The largest absolute Gasteiger partial charge is 0.352 e. The van der Waals surface area contributed by atoms with Crippen molar-refractivity contribution in [3.05, 3.63) is 70.8 Å². The number of halogens is 1. The fourth-order valence-corrected chi connectivity index (χ4v) is 2.53. The van der Waals surface area contributed by atoms with Crippen LogP contribution < -0.4 is 5.32 Å². The van der Waals surface area contributed by atoms with Gasteiger partial charge in [0.25, 0.3) is 0 Å². The molecule has 0 saturated heterocycles. The third kappa shape index (κ3) is 5.35. The Kier molecular flexibility index (Phi) is 6.00. The molecular formula is C18H20BrNO. The van der Waals surface area contributed by atoms with Gasteiger partial charge in [0.05, 0.1) is 0 Å². The van der Waals surface area contributed by atoms with E-state index in [1.165, 1.54) is 16.7 Å². The summed E-state index contributed by atoms with van der Waals surface area (Å²) >= 11 is 3.42. The third-order valence-electron chi connectivity index (χ3n) is 3.39. The van der Waals surface area contributed by atoms with E-state index in [1.807, 2.05) is 6.07 Å². The van der Waals surface area contributed by atoms with E-state index in [2.05, 4.69) is 70.6 Å². The van der Waals surface area contributed by atoms with Crippen LogP contribution in [-0.2, 0) is 23.1 Å². The van der Waals surface area contributed by atoms with Crippen molar-refractivity contribution >= 4 is 21.8 Å². The second-order valence-electron chi connectivity index (χ2n) is 5.22. The predicted molar refractivity (Wildman–Crippen MR) is 90.4 cm³/mol. The molecule has 0 heterocycles. The first-order valence-corrected chi connectivity index (χ1v) is 8.25. The van der Waals surface area contributed by atoms with Gasteiger partial charge in [0.2, 0.25) is 5.91 Å². The first-order valence-electron chi connectivity index (χ1n) is 7.13. The van der Waals surface area contributed by atoms with Crippen LogP contribution >= 0.6 is 15.9 Å². The van der Waals surface area contributed by atoms with Gasteiger partial charge >= 0.3 is 0 Å². The summed E-state index contributed by atoms with van der Waals surface area (Å²) in [5, 5.41) is 3.83. The summed E-state index contributed by atoms with van der Waals surface area (Å²) in [6.07, 6.45) is 1.32. The molecule has 2 aromatic carbocycles. The summed E-state index contributed by atoms with van der Waals surface area (Å²) in [5.41, 5.74) is 4.82. The molecule has 0 radical (unpaired) electrons. The maximum Gasteiger partial charge on any atom is 0.220 e. The Bertz CT molecular complexity index is 592. The van der Waals surface area contributed by atoms with Crippen LogP contribution in [0.3, 0.4) is 0 Å². The Balaban J connectivity index is 1.76. The number of aryl methyl sites for hydroxylation is 2. The normalized spacial score (nSPS) is 10.4. The zero-order chi connectivity index (χ0) is 15.1. The maximum atomic E-state index is 11.9. The van der Waals surface area contributed by atoms with Gasteiger partial charge in [0.15, 0.2) is 0 Å². The van der Waals surface area contributed by atoms with Crippen LogP contribution in [0.4, 0.5) is 0 Å². The minimum absolute atomic E-state index is 0.0982. The fraction of sp³-hybridized carbons (Fsp3) is 0.278. The quantitative estimate of drug-likeness (QED) is 0.783. The van der Waals surface area contributed by atoms with E-state index >= 15 is 0 Å². The Labute approximate surface area is 134 Å². The van der Waals surface area contributed by atoms with Crippen LogP contribution in [0, 0.1) is 6.92 Å². The second kappa shape index (κ2) is 7.99. The molecule has 2 nitrogen and oxygen atoms in total. The first kappa shape index (κ1) is 15.8. The molecule has 0 aliphatic carbocycles. The highest BCUT2D eigenvalue weighted by Gasteiger charge is 2.03. The van der Waals surface area contributed by atoms with Gasteiger partial charge in [-0.25, -0.2) is 0 Å². The molecule has 0 unspecified atom stereocenters. The molecule has 2 aromatic rings. The van der Waals surface area contributed by atoms with Crippen molar-refractivity contribution in [1.82, 2.24) is 5.32 Å². The molecule has 0 bridgehead atoms. The van der Waals surface area contributed by atoms with Crippen molar-refractivity contribution in [3.63, 3.8) is 0 Å². The molecule has 0 atom stereocenters. The van der Waals surface area contributed by atoms with Gasteiger partial charge in [-0.1, -0.05) is 70.0 Å². The van der Waals surface area contributed by atoms with E-state index in [-0.39, 0.29) is 5.91 Å². The number of amides is 1. The lowest BCUT2D eigenvalue weighted by Crippen LogP contribution is -2.22. The molecule has 0 aromatic heterocycles. The zero-order valence-corrected chi connectivity index (χ0v) is 13.8. The van der Waals surface area contributed by atoms with E-state index in [0.29, 0.717) is 13.0 Å². The summed E-state index contributed by atoms with van der Waals surface area (Å²) in [5.74, 6) is 0.0982.